The van der Waals surface area contributed by atoms with Crippen LogP contribution in [0.2, 0.25) is 0 Å². The second-order valence-electron chi connectivity index (χ2n) is 3.26. The van der Waals surface area contributed by atoms with E-state index in [-0.39, 0.29) is 6.04 Å². The molecule has 0 saturated heterocycles. The maximum Gasteiger partial charge on any atom is 0.0636 e. The second-order valence-corrected chi connectivity index (χ2v) is 3.26. The van der Waals surface area contributed by atoms with E-state index in [1.165, 1.54) is 0 Å². The lowest BCUT2D eigenvalue weighted by atomic mass is 9.85. The molecule has 62 valence electrons. The van der Waals surface area contributed by atoms with E-state index in [1.54, 1.807) is 0 Å². The summed E-state index contributed by atoms with van der Waals surface area (Å²) in [6.07, 6.45) is 2.22. The van der Waals surface area contributed by atoms with Gasteiger partial charge in [-0.15, -0.1) is 0 Å². The number of aliphatic hydroxyl groups excluding tert-OH is 1. The number of hydrogen-bond donors (Lipinski definition) is 1. The minimum absolute atomic E-state index is 0.191. The number of aliphatic hydroxyl groups is 1. The Balaban J connectivity index is 2.53. The first-order chi connectivity index (χ1) is 5.24. The Bertz CT molecular complexity index is 177. The third-order valence-electron chi connectivity index (χ3n) is 2.24. The minimum atomic E-state index is -0.415. The fraction of sp³-hybridized carbons (Fsp3) is 1.00. The van der Waals surface area contributed by atoms with Gasteiger partial charge in [0.2, 0.25) is 0 Å². The molecule has 0 bridgehead atoms. The molecule has 0 aromatic rings. The van der Waals surface area contributed by atoms with Gasteiger partial charge in [0.15, 0.2) is 0 Å². The normalized spacial score (nSPS) is 37.8. The first kappa shape index (κ1) is 8.37. The summed E-state index contributed by atoms with van der Waals surface area (Å²) in [7, 11) is 0. The van der Waals surface area contributed by atoms with Crippen molar-refractivity contribution >= 4 is 0 Å². The van der Waals surface area contributed by atoms with Gasteiger partial charge in [-0.3, -0.25) is 0 Å². The number of hydrogen-bond acceptors (Lipinski definition) is 2. The highest BCUT2D eigenvalue weighted by Gasteiger charge is 2.25. The van der Waals surface area contributed by atoms with Crippen molar-refractivity contribution < 1.29 is 5.11 Å². The van der Waals surface area contributed by atoms with Crippen molar-refractivity contribution in [3.8, 4) is 0 Å². The van der Waals surface area contributed by atoms with Gasteiger partial charge in [0.1, 0.15) is 0 Å². The van der Waals surface area contributed by atoms with E-state index >= 15 is 0 Å². The molecule has 1 aliphatic carbocycles. The molecule has 3 atom stereocenters. The fourth-order valence-electron chi connectivity index (χ4n) is 1.53. The van der Waals surface area contributed by atoms with Crippen LogP contribution in [0.25, 0.3) is 10.4 Å². The Morgan fingerprint density at radius 1 is 1.55 bits per heavy atom. The first-order valence-electron chi connectivity index (χ1n) is 3.96. The summed E-state index contributed by atoms with van der Waals surface area (Å²) in [5.74, 6) is 0.578. The molecule has 0 aromatic carbocycles. The van der Waals surface area contributed by atoms with Crippen LogP contribution in [0, 0.1) is 5.92 Å². The van der Waals surface area contributed by atoms with Crippen LogP contribution in [0.1, 0.15) is 26.2 Å². The molecule has 1 fully saturated rings. The predicted molar refractivity (Wildman–Crippen MR) is 42.0 cm³/mol. The predicted octanol–water partition coefficient (Wildman–Crippen LogP) is 1.85. The van der Waals surface area contributed by atoms with Gasteiger partial charge in [-0.05, 0) is 30.7 Å². The third kappa shape index (κ3) is 2.10. The zero-order valence-electron chi connectivity index (χ0n) is 6.64. The molecule has 1 aliphatic rings. The van der Waals surface area contributed by atoms with Gasteiger partial charge in [0.05, 0.1) is 12.1 Å². The van der Waals surface area contributed by atoms with Gasteiger partial charge < -0.3 is 5.11 Å². The average molecular weight is 155 g/mol. The number of nitrogens with zero attached hydrogens (tertiary/aromatic N) is 3. The van der Waals surface area contributed by atoms with E-state index in [9.17, 15) is 5.11 Å². The standard InChI is InChI=1S/C7H13N3O/c1-5-2-3-7(11)6(4-5)9-10-8/h5-7,11H,2-4H2,1H3. The highest BCUT2D eigenvalue weighted by molar-refractivity contribution is 4.83. The third-order valence-corrected chi connectivity index (χ3v) is 2.24. The average Bonchev–Trinajstić information content (AvgIpc) is 1.98. The maximum atomic E-state index is 9.35. The first-order valence-corrected chi connectivity index (χ1v) is 3.96. The summed E-state index contributed by atoms with van der Waals surface area (Å²) in [4.78, 5) is 2.71. The van der Waals surface area contributed by atoms with Crippen LogP contribution in [-0.2, 0) is 0 Å². The van der Waals surface area contributed by atoms with E-state index in [0.29, 0.717) is 5.92 Å². The van der Waals surface area contributed by atoms with Crippen LogP contribution >= 0.6 is 0 Å². The molecule has 0 aliphatic heterocycles. The second kappa shape index (κ2) is 3.60. The van der Waals surface area contributed by atoms with Crippen LogP contribution in [0.15, 0.2) is 5.11 Å². The quantitative estimate of drug-likeness (QED) is 0.350. The molecular formula is C7H13N3O. The van der Waals surface area contributed by atoms with Gasteiger partial charge in [-0.2, -0.15) is 0 Å². The van der Waals surface area contributed by atoms with E-state index in [0.717, 1.165) is 19.3 Å². The number of rotatable bonds is 1. The largest absolute Gasteiger partial charge is 0.393 e. The van der Waals surface area contributed by atoms with Crippen molar-refractivity contribution in [2.75, 3.05) is 0 Å². The van der Waals surface area contributed by atoms with Crippen molar-refractivity contribution in [1.29, 1.82) is 0 Å². The molecule has 0 spiro atoms. The molecule has 1 saturated carbocycles. The van der Waals surface area contributed by atoms with Gasteiger partial charge in [-0.25, -0.2) is 0 Å². The van der Waals surface area contributed by atoms with Crippen LogP contribution in [0.5, 0.6) is 0 Å². The van der Waals surface area contributed by atoms with Crippen molar-refractivity contribution in [1.82, 2.24) is 0 Å². The van der Waals surface area contributed by atoms with Crippen LogP contribution in [0.4, 0.5) is 0 Å². The Labute approximate surface area is 65.9 Å². The lowest BCUT2D eigenvalue weighted by Gasteiger charge is -2.27. The molecule has 4 heteroatoms. The van der Waals surface area contributed by atoms with Crippen LogP contribution < -0.4 is 0 Å². The van der Waals surface area contributed by atoms with E-state index < -0.39 is 6.10 Å². The molecule has 0 aromatic heterocycles. The lowest BCUT2D eigenvalue weighted by Crippen LogP contribution is -2.30. The zero-order chi connectivity index (χ0) is 8.27. The zero-order valence-corrected chi connectivity index (χ0v) is 6.64. The van der Waals surface area contributed by atoms with Crippen LogP contribution in [0.3, 0.4) is 0 Å². The van der Waals surface area contributed by atoms with E-state index in [2.05, 4.69) is 16.9 Å². The van der Waals surface area contributed by atoms with Gasteiger partial charge in [0.25, 0.3) is 0 Å². The maximum absolute atomic E-state index is 9.35. The summed E-state index contributed by atoms with van der Waals surface area (Å²) in [6.45, 7) is 2.12. The Morgan fingerprint density at radius 3 is 2.91 bits per heavy atom. The summed E-state index contributed by atoms with van der Waals surface area (Å²) in [5.41, 5.74) is 8.17. The lowest BCUT2D eigenvalue weighted by molar-refractivity contribution is 0.0907. The smallest absolute Gasteiger partial charge is 0.0636 e. The minimum Gasteiger partial charge on any atom is -0.393 e. The molecule has 0 amide bonds. The van der Waals surface area contributed by atoms with Gasteiger partial charge >= 0.3 is 0 Å². The molecule has 3 unspecified atom stereocenters. The Hall–Kier alpha value is -0.730. The molecule has 1 rings (SSSR count). The molecule has 11 heavy (non-hydrogen) atoms. The van der Waals surface area contributed by atoms with Crippen molar-refractivity contribution in [3.05, 3.63) is 10.4 Å². The Morgan fingerprint density at radius 2 is 2.27 bits per heavy atom. The molecule has 0 radical (unpaired) electrons. The summed E-state index contributed by atoms with van der Waals surface area (Å²) >= 11 is 0. The fourth-order valence-corrected chi connectivity index (χ4v) is 1.53. The molecular weight excluding hydrogens is 142 g/mol. The highest BCUT2D eigenvalue weighted by Crippen LogP contribution is 2.26. The Kier molecular flexibility index (Phi) is 2.74. The van der Waals surface area contributed by atoms with Crippen molar-refractivity contribution in [3.63, 3.8) is 0 Å². The van der Waals surface area contributed by atoms with Crippen molar-refractivity contribution in [2.45, 2.75) is 38.3 Å². The van der Waals surface area contributed by atoms with Gasteiger partial charge in [-0.1, -0.05) is 12.0 Å². The molecule has 0 heterocycles. The monoisotopic (exact) mass is 155 g/mol. The molecule has 1 N–H and O–H groups in total. The highest BCUT2D eigenvalue weighted by atomic mass is 16.3. The van der Waals surface area contributed by atoms with E-state index in [1.807, 2.05) is 0 Å². The SMILES string of the molecule is CC1CCC(O)C(N=[N+]=[N-])C1. The van der Waals surface area contributed by atoms with Crippen molar-refractivity contribution in [2.24, 2.45) is 11.0 Å². The summed E-state index contributed by atoms with van der Waals surface area (Å²) in [5, 5.41) is 12.9. The summed E-state index contributed by atoms with van der Waals surface area (Å²) in [6, 6.07) is -0.191. The van der Waals surface area contributed by atoms with Crippen LogP contribution in [-0.4, -0.2) is 17.3 Å². The topological polar surface area (TPSA) is 69.0 Å². The summed E-state index contributed by atoms with van der Waals surface area (Å²) < 4.78 is 0. The van der Waals surface area contributed by atoms with Gasteiger partial charge in [0, 0.05) is 4.91 Å². The number of azide groups is 1. The van der Waals surface area contributed by atoms with E-state index in [4.69, 9.17) is 5.53 Å². The molecule has 4 nitrogen and oxygen atoms in total.